The highest BCUT2D eigenvalue weighted by atomic mass is 35.5. The van der Waals surface area contributed by atoms with Gasteiger partial charge in [0.2, 0.25) is 0 Å². The van der Waals surface area contributed by atoms with Crippen molar-refractivity contribution in [2.75, 3.05) is 18.9 Å². The van der Waals surface area contributed by atoms with E-state index in [0.717, 1.165) is 0 Å². The Morgan fingerprint density at radius 2 is 1.95 bits per heavy atom. The van der Waals surface area contributed by atoms with Gasteiger partial charge in [0, 0.05) is 13.2 Å². The van der Waals surface area contributed by atoms with Gasteiger partial charge in [0.15, 0.2) is 15.6 Å². The molecule has 0 spiro atoms. The third kappa shape index (κ3) is 2.28. The molecule has 1 aromatic rings. The largest absolute Gasteiger partial charge is 0.504 e. The third-order valence-corrected chi connectivity index (χ3v) is 6.67. The second-order valence-corrected chi connectivity index (χ2v) is 7.69. The smallest absolute Gasteiger partial charge is 0.189 e. The lowest BCUT2D eigenvalue weighted by atomic mass is 10.0. The van der Waals surface area contributed by atoms with Crippen molar-refractivity contribution in [1.29, 1.82) is 0 Å². The molecule has 1 heterocycles. The summed E-state index contributed by atoms with van der Waals surface area (Å²) in [5, 5.41) is 9.92. The van der Waals surface area contributed by atoms with Gasteiger partial charge in [-0.15, -0.1) is 0 Å². The first-order chi connectivity index (χ1) is 8.79. The Hall–Kier alpha value is -0.980. The zero-order chi connectivity index (χ0) is 14.3. The fourth-order valence-corrected chi connectivity index (χ4v) is 4.49. The van der Waals surface area contributed by atoms with Crippen molar-refractivity contribution in [3.8, 4) is 5.75 Å². The molecule has 1 saturated heterocycles. The van der Waals surface area contributed by atoms with E-state index in [4.69, 9.17) is 22.1 Å². The number of phenols is 1. The Balaban J connectivity index is 2.60. The number of anilines is 1. The zero-order valence-electron chi connectivity index (χ0n) is 10.5. The van der Waals surface area contributed by atoms with Crippen LogP contribution in [0.2, 0.25) is 5.02 Å². The molecule has 1 aromatic carbocycles. The molecule has 0 radical (unpaired) electrons. The molecule has 0 bridgehead atoms. The van der Waals surface area contributed by atoms with Crippen LogP contribution in [0.1, 0.15) is 19.8 Å². The van der Waals surface area contributed by atoms with Crippen molar-refractivity contribution in [3.63, 3.8) is 0 Å². The summed E-state index contributed by atoms with van der Waals surface area (Å²) in [5.74, 6) is -0.472. The van der Waals surface area contributed by atoms with Crippen LogP contribution in [-0.4, -0.2) is 31.5 Å². The first-order valence-corrected chi connectivity index (χ1v) is 7.75. The average Bonchev–Trinajstić information content (AvgIpc) is 2.35. The quantitative estimate of drug-likeness (QED) is 0.644. The molecule has 1 aliphatic rings. The maximum absolute atomic E-state index is 12.7. The maximum atomic E-state index is 12.7. The first kappa shape index (κ1) is 14.4. The number of aromatic hydroxyl groups is 1. The molecule has 19 heavy (non-hydrogen) atoms. The van der Waals surface area contributed by atoms with Crippen molar-refractivity contribution in [2.24, 2.45) is 0 Å². The van der Waals surface area contributed by atoms with E-state index in [1.54, 1.807) is 6.92 Å². The van der Waals surface area contributed by atoms with Crippen LogP contribution in [0.15, 0.2) is 17.0 Å². The van der Waals surface area contributed by atoms with Gasteiger partial charge in [-0.3, -0.25) is 0 Å². The Morgan fingerprint density at radius 3 is 2.53 bits per heavy atom. The summed E-state index contributed by atoms with van der Waals surface area (Å²) in [6, 6.07) is 2.76. The molecule has 0 saturated carbocycles. The van der Waals surface area contributed by atoms with E-state index in [-0.39, 0.29) is 15.6 Å². The van der Waals surface area contributed by atoms with E-state index >= 15 is 0 Å². The van der Waals surface area contributed by atoms with Gasteiger partial charge >= 0.3 is 0 Å². The molecule has 0 aliphatic carbocycles. The SMILES string of the molecule is CC1(S(=O)(=O)c2c(Cl)ccc(N)c2O)CCOCC1. The van der Waals surface area contributed by atoms with Crippen molar-refractivity contribution >= 4 is 27.1 Å². The van der Waals surface area contributed by atoms with E-state index in [1.165, 1.54) is 12.1 Å². The first-order valence-electron chi connectivity index (χ1n) is 5.89. The van der Waals surface area contributed by atoms with Crippen LogP contribution in [0.3, 0.4) is 0 Å². The van der Waals surface area contributed by atoms with Crippen molar-refractivity contribution in [2.45, 2.75) is 29.4 Å². The fraction of sp³-hybridized carbons (Fsp3) is 0.500. The van der Waals surface area contributed by atoms with Gasteiger partial charge < -0.3 is 15.6 Å². The molecule has 5 nitrogen and oxygen atoms in total. The number of phenolic OH excluding ortho intramolecular Hbond substituents is 1. The summed E-state index contributed by atoms with van der Waals surface area (Å²) in [5.41, 5.74) is 5.56. The Kier molecular flexibility index (Phi) is 3.68. The molecule has 0 aromatic heterocycles. The highest BCUT2D eigenvalue weighted by Gasteiger charge is 2.44. The number of hydrogen-bond acceptors (Lipinski definition) is 5. The second-order valence-electron chi connectivity index (χ2n) is 4.88. The lowest BCUT2D eigenvalue weighted by Gasteiger charge is -2.33. The standard InChI is InChI=1S/C12H16ClNO4S/c1-12(4-6-18-7-5-12)19(16,17)11-8(13)2-3-9(14)10(11)15/h2-3,15H,4-7,14H2,1H3. The summed E-state index contributed by atoms with van der Waals surface area (Å²) in [4.78, 5) is -0.279. The minimum absolute atomic E-state index is 0.00126. The van der Waals surface area contributed by atoms with Crippen LogP contribution in [0.25, 0.3) is 0 Å². The molecule has 1 fully saturated rings. The third-order valence-electron chi connectivity index (χ3n) is 3.58. The molecule has 7 heteroatoms. The molecule has 3 N–H and O–H groups in total. The lowest BCUT2D eigenvalue weighted by molar-refractivity contribution is 0.0788. The number of benzene rings is 1. The molecule has 1 aliphatic heterocycles. The van der Waals surface area contributed by atoms with Gasteiger partial charge in [0.1, 0.15) is 4.90 Å². The summed E-state index contributed by atoms with van der Waals surface area (Å²) >= 11 is 5.94. The zero-order valence-corrected chi connectivity index (χ0v) is 12.1. The van der Waals surface area contributed by atoms with Crippen LogP contribution < -0.4 is 5.73 Å². The monoisotopic (exact) mass is 305 g/mol. The predicted molar refractivity (Wildman–Crippen MR) is 73.2 cm³/mol. The number of nitrogens with two attached hydrogens (primary N) is 1. The number of rotatable bonds is 2. The van der Waals surface area contributed by atoms with Crippen molar-refractivity contribution < 1.29 is 18.3 Å². The van der Waals surface area contributed by atoms with Crippen molar-refractivity contribution in [1.82, 2.24) is 0 Å². The Labute approximate surface area is 117 Å². The van der Waals surface area contributed by atoms with Gasteiger partial charge in [-0.25, -0.2) is 8.42 Å². The van der Waals surface area contributed by atoms with Crippen LogP contribution >= 0.6 is 11.6 Å². The van der Waals surface area contributed by atoms with E-state index in [0.29, 0.717) is 26.1 Å². The molecule has 0 atom stereocenters. The minimum atomic E-state index is -3.79. The molecule has 0 unspecified atom stereocenters. The summed E-state index contributed by atoms with van der Waals surface area (Å²) < 4.78 is 29.7. The Bertz CT molecular complexity index is 594. The van der Waals surface area contributed by atoms with Gasteiger partial charge in [0.05, 0.1) is 15.5 Å². The topological polar surface area (TPSA) is 89.6 Å². The summed E-state index contributed by atoms with van der Waals surface area (Å²) in [6.07, 6.45) is 0.722. The number of nitrogen functional groups attached to an aromatic ring is 1. The van der Waals surface area contributed by atoms with Crippen LogP contribution in [0.5, 0.6) is 5.75 Å². The fourth-order valence-electron chi connectivity index (χ4n) is 2.14. The van der Waals surface area contributed by atoms with Crippen LogP contribution in [0.4, 0.5) is 5.69 Å². The van der Waals surface area contributed by atoms with Crippen LogP contribution in [-0.2, 0) is 14.6 Å². The molecule has 2 rings (SSSR count). The number of hydrogen-bond donors (Lipinski definition) is 2. The van der Waals surface area contributed by atoms with Gasteiger partial charge in [-0.1, -0.05) is 11.6 Å². The van der Waals surface area contributed by atoms with E-state index in [9.17, 15) is 13.5 Å². The Morgan fingerprint density at radius 1 is 1.37 bits per heavy atom. The molecule has 0 amide bonds. The van der Waals surface area contributed by atoms with E-state index in [2.05, 4.69) is 0 Å². The van der Waals surface area contributed by atoms with E-state index < -0.39 is 20.3 Å². The molecule has 106 valence electrons. The maximum Gasteiger partial charge on any atom is 0.189 e. The van der Waals surface area contributed by atoms with Gasteiger partial charge in [-0.05, 0) is 31.9 Å². The number of halogens is 1. The minimum Gasteiger partial charge on any atom is -0.504 e. The van der Waals surface area contributed by atoms with E-state index in [1.807, 2.05) is 0 Å². The average molecular weight is 306 g/mol. The highest BCUT2D eigenvalue weighted by molar-refractivity contribution is 7.93. The number of sulfone groups is 1. The second kappa shape index (κ2) is 4.85. The van der Waals surface area contributed by atoms with Crippen molar-refractivity contribution in [3.05, 3.63) is 17.2 Å². The highest BCUT2D eigenvalue weighted by Crippen LogP contribution is 2.43. The van der Waals surface area contributed by atoms with Crippen LogP contribution in [0, 0.1) is 0 Å². The lowest BCUT2D eigenvalue weighted by Crippen LogP contribution is -2.41. The summed E-state index contributed by atoms with van der Waals surface area (Å²) in [7, 11) is -3.79. The van der Waals surface area contributed by atoms with Gasteiger partial charge in [0.25, 0.3) is 0 Å². The summed E-state index contributed by atoms with van der Waals surface area (Å²) in [6.45, 7) is 2.39. The normalized spacial score (nSPS) is 19.3. The molecular weight excluding hydrogens is 290 g/mol. The predicted octanol–water partition coefficient (Wildman–Crippen LogP) is 1.97. The molecular formula is C12H16ClNO4S. The number of ether oxygens (including phenoxy) is 1. The van der Waals surface area contributed by atoms with Gasteiger partial charge in [-0.2, -0.15) is 0 Å².